The monoisotopic (exact) mass is 277 g/mol. The lowest BCUT2D eigenvalue weighted by atomic mass is 9.95. The lowest BCUT2D eigenvalue weighted by Crippen LogP contribution is -2.43. The van der Waals surface area contributed by atoms with Crippen LogP contribution in [0.5, 0.6) is 0 Å². The molecule has 0 aliphatic carbocycles. The molecule has 0 radical (unpaired) electrons. The maximum absolute atomic E-state index is 12.3. The molecule has 0 aliphatic heterocycles. The lowest BCUT2D eigenvalue weighted by molar-refractivity contribution is -0.120. The van der Waals surface area contributed by atoms with Gasteiger partial charge < -0.3 is 11.1 Å². The Labute approximate surface area is 122 Å². The second-order valence-corrected chi connectivity index (χ2v) is 6.66. The summed E-state index contributed by atoms with van der Waals surface area (Å²) in [5.41, 5.74) is 8.40. The number of benzene rings is 1. The third kappa shape index (κ3) is 4.53. The van der Waals surface area contributed by atoms with Crippen LogP contribution in [0, 0.1) is 12.3 Å². The third-order valence-electron chi connectivity index (χ3n) is 3.40. The Hall–Kier alpha value is -1.55. The van der Waals surface area contributed by atoms with Crippen molar-refractivity contribution < 1.29 is 4.79 Å². The molecule has 0 saturated carbocycles. The van der Waals surface area contributed by atoms with E-state index in [9.17, 15) is 4.79 Å². The van der Waals surface area contributed by atoms with Crippen molar-refractivity contribution in [3.05, 3.63) is 23.8 Å². The number of nitrogen functional groups attached to an aromatic ring is 1. The highest BCUT2D eigenvalue weighted by Crippen LogP contribution is 2.21. The minimum Gasteiger partial charge on any atom is -0.398 e. The van der Waals surface area contributed by atoms with Gasteiger partial charge in [0.2, 0.25) is 5.91 Å². The Morgan fingerprint density at radius 1 is 1.40 bits per heavy atom. The highest BCUT2D eigenvalue weighted by Gasteiger charge is 2.23. The molecule has 1 aromatic rings. The molecule has 1 amide bonds. The van der Waals surface area contributed by atoms with E-state index in [1.807, 2.05) is 39.1 Å². The molecule has 1 unspecified atom stereocenters. The number of likely N-dealkylation sites (N-methyl/N-ethyl adjacent to an activating group) is 1. The Morgan fingerprint density at radius 2 is 2.00 bits per heavy atom. The van der Waals surface area contributed by atoms with Crippen LogP contribution in [0.15, 0.2) is 18.2 Å². The molecule has 4 nitrogen and oxygen atoms in total. The Morgan fingerprint density at radius 3 is 2.55 bits per heavy atom. The van der Waals surface area contributed by atoms with Crippen LogP contribution in [0.25, 0.3) is 0 Å². The van der Waals surface area contributed by atoms with Gasteiger partial charge >= 0.3 is 0 Å². The lowest BCUT2D eigenvalue weighted by Gasteiger charge is -2.30. The number of amides is 1. The van der Waals surface area contributed by atoms with Crippen molar-refractivity contribution >= 4 is 17.3 Å². The topological polar surface area (TPSA) is 58.4 Å². The third-order valence-corrected chi connectivity index (χ3v) is 3.40. The number of carbonyl (C=O) groups excluding carboxylic acids is 1. The number of anilines is 2. The fraction of sp³-hybridized carbons (Fsp3) is 0.562. The summed E-state index contributed by atoms with van der Waals surface area (Å²) < 4.78 is 0. The number of carbonyl (C=O) groups is 1. The molecule has 4 heteroatoms. The Kier molecular flexibility index (Phi) is 5.17. The number of hydrogen-bond acceptors (Lipinski definition) is 3. The molecule has 0 spiro atoms. The predicted octanol–water partition coefficient (Wildman–Crippen LogP) is 2.88. The largest absolute Gasteiger partial charge is 0.398 e. The molecule has 20 heavy (non-hydrogen) atoms. The highest BCUT2D eigenvalue weighted by molar-refractivity contribution is 5.95. The van der Waals surface area contributed by atoms with Crippen LogP contribution >= 0.6 is 0 Å². The first-order chi connectivity index (χ1) is 9.11. The number of nitrogens with one attached hydrogen (secondary N) is 1. The first-order valence-corrected chi connectivity index (χ1v) is 6.98. The second-order valence-electron chi connectivity index (χ2n) is 6.66. The van der Waals surface area contributed by atoms with Crippen molar-refractivity contribution in [2.75, 3.05) is 24.6 Å². The van der Waals surface area contributed by atoms with E-state index in [1.165, 1.54) is 0 Å². The van der Waals surface area contributed by atoms with E-state index < -0.39 is 0 Å². The van der Waals surface area contributed by atoms with Gasteiger partial charge in [-0.3, -0.25) is 9.69 Å². The van der Waals surface area contributed by atoms with E-state index in [2.05, 4.69) is 31.0 Å². The molecular weight excluding hydrogens is 250 g/mol. The number of hydrogen-bond donors (Lipinski definition) is 2. The number of nitrogens with two attached hydrogens (primary N) is 1. The van der Waals surface area contributed by atoms with Crippen LogP contribution in [0.1, 0.15) is 33.3 Å². The zero-order chi connectivity index (χ0) is 15.5. The van der Waals surface area contributed by atoms with E-state index in [1.54, 1.807) is 0 Å². The molecule has 0 bridgehead atoms. The van der Waals surface area contributed by atoms with Crippen molar-refractivity contribution in [2.24, 2.45) is 5.41 Å². The van der Waals surface area contributed by atoms with Crippen molar-refractivity contribution in [3.8, 4) is 0 Å². The van der Waals surface area contributed by atoms with Gasteiger partial charge in [0.15, 0.2) is 0 Å². The zero-order valence-electron chi connectivity index (χ0n) is 13.4. The quantitative estimate of drug-likeness (QED) is 0.832. The van der Waals surface area contributed by atoms with Gasteiger partial charge in [0.1, 0.15) is 0 Å². The Bertz CT molecular complexity index is 477. The van der Waals surface area contributed by atoms with Crippen LogP contribution < -0.4 is 11.1 Å². The first-order valence-electron chi connectivity index (χ1n) is 6.98. The molecule has 0 aromatic heterocycles. The van der Waals surface area contributed by atoms with Crippen LogP contribution in [0.3, 0.4) is 0 Å². The molecule has 1 atom stereocenters. The summed E-state index contributed by atoms with van der Waals surface area (Å²) in [6.07, 6.45) is 0. The number of nitrogens with zero attached hydrogens (tertiary/aromatic N) is 1. The summed E-state index contributed by atoms with van der Waals surface area (Å²) >= 11 is 0. The maximum Gasteiger partial charge on any atom is 0.241 e. The summed E-state index contributed by atoms with van der Waals surface area (Å²) in [4.78, 5) is 14.4. The fourth-order valence-electron chi connectivity index (χ4n) is 2.11. The van der Waals surface area contributed by atoms with Crippen molar-refractivity contribution in [3.63, 3.8) is 0 Å². The SMILES string of the molecule is Cc1c(N)cccc1NC(=O)C(C)N(C)CC(C)(C)C. The molecule has 1 aromatic carbocycles. The van der Waals surface area contributed by atoms with Gasteiger partial charge in [0.05, 0.1) is 6.04 Å². The van der Waals surface area contributed by atoms with E-state index in [0.717, 1.165) is 17.8 Å². The molecule has 112 valence electrons. The van der Waals surface area contributed by atoms with Gasteiger partial charge in [-0.1, -0.05) is 26.8 Å². The van der Waals surface area contributed by atoms with Crippen molar-refractivity contribution in [2.45, 2.75) is 40.7 Å². The molecular formula is C16H27N3O. The van der Waals surface area contributed by atoms with Gasteiger partial charge in [-0.05, 0) is 44.0 Å². The van der Waals surface area contributed by atoms with Gasteiger partial charge in [-0.25, -0.2) is 0 Å². The first kappa shape index (κ1) is 16.5. The van der Waals surface area contributed by atoms with Crippen molar-refractivity contribution in [1.29, 1.82) is 0 Å². The van der Waals surface area contributed by atoms with E-state index in [-0.39, 0.29) is 17.4 Å². The standard InChI is InChI=1S/C16H27N3O/c1-11-13(17)8-7-9-14(11)18-15(20)12(2)19(6)10-16(3,4)5/h7-9,12H,10,17H2,1-6H3,(H,18,20). The zero-order valence-corrected chi connectivity index (χ0v) is 13.4. The smallest absolute Gasteiger partial charge is 0.241 e. The van der Waals surface area contributed by atoms with Crippen LogP contribution in [-0.4, -0.2) is 30.4 Å². The summed E-state index contributed by atoms with van der Waals surface area (Å²) in [7, 11) is 1.97. The van der Waals surface area contributed by atoms with Gasteiger partial charge in [-0.15, -0.1) is 0 Å². The minimum atomic E-state index is -0.185. The molecule has 1 rings (SSSR count). The highest BCUT2D eigenvalue weighted by atomic mass is 16.2. The van der Waals surface area contributed by atoms with E-state index in [4.69, 9.17) is 5.73 Å². The van der Waals surface area contributed by atoms with Crippen LogP contribution in [-0.2, 0) is 4.79 Å². The average Bonchev–Trinajstić information content (AvgIpc) is 2.31. The molecule has 0 saturated heterocycles. The summed E-state index contributed by atoms with van der Waals surface area (Å²) in [5.74, 6) is -0.00884. The molecule has 0 heterocycles. The molecule has 0 aliphatic rings. The fourth-order valence-corrected chi connectivity index (χ4v) is 2.11. The van der Waals surface area contributed by atoms with E-state index >= 15 is 0 Å². The van der Waals surface area contributed by atoms with Crippen LogP contribution in [0.4, 0.5) is 11.4 Å². The molecule has 3 N–H and O–H groups in total. The van der Waals surface area contributed by atoms with Crippen LogP contribution in [0.2, 0.25) is 0 Å². The van der Waals surface area contributed by atoms with Gasteiger partial charge in [-0.2, -0.15) is 0 Å². The van der Waals surface area contributed by atoms with Crippen molar-refractivity contribution in [1.82, 2.24) is 4.90 Å². The summed E-state index contributed by atoms with van der Waals surface area (Å²) in [6.45, 7) is 11.2. The van der Waals surface area contributed by atoms with Gasteiger partial charge in [0, 0.05) is 17.9 Å². The normalized spacial score (nSPS) is 13.3. The Balaban J connectivity index is 2.73. The van der Waals surface area contributed by atoms with Gasteiger partial charge in [0.25, 0.3) is 0 Å². The maximum atomic E-state index is 12.3. The summed E-state index contributed by atoms with van der Waals surface area (Å²) in [5, 5.41) is 2.96. The second kappa shape index (κ2) is 6.27. The minimum absolute atomic E-state index is 0.00884. The predicted molar refractivity (Wildman–Crippen MR) is 85.8 cm³/mol. The van der Waals surface area contributed by atoms with E-state index in [0.29, 0.717) is 5.69 Å². The average molecular weight is 277 g/mol. The summed E-state index contributed by atoms with van der Waals surface area (Å²) in [6, 6.07) is 5.37. The molecule has 0 fully saturated rings. The number of rotatable bonds is 4.